The van der Waals surface area contributed by atoms with Crippen molar-refractivity contribution < 1.29 is 9.90 Å². The second kappa shape index (κ2) is 5.71. The zero-order valence-corrected chi connectivity index (χ0v) is 10.7. The Hall–Kier alpha value is -3.07. The summed E-state index contributed by atoms with van der Waals surface area (Å²) in [4.78, 5) is 11.9. The molecule has 0 atom stereocenters. The van der Waals surface area contributed by atoms with Crippen LogP contribution in [0.25, 0.3) is 6.08 Å². The van der Waals surface area contributed by atoms with E-state index < -0.39 is 5.91 Å². The Morgan fingerprint density at radius 2 is 2.15 bits per heavy atom. The van der Waals surface area contributed by atoms with Crippen molar-refractivity contribution in [3.63, 3.8) is 0 Å². The number of phenols is 1. The van der Waals surface area contributed by atoms with Crippen LogP contribution in [0.1, 0.15) is 11.3 Å². The molecule has 20 heavy (non-hydrogen) atoms. The number of amides is 1. The summed E-state index contributed by atoms with van der Waals surface area (Å²) in [6.07, 6.45) is 1.44. The predicted octanol–water partition coefficient (Wildman–Crippen LogP) is 1.97. The van der Waals surface area contributed by atoms with Gasteiger partial charge in [-0.2, -0.15) is 10.4 Å². The van der Waals surface area contributed by atoms with Crippen LogP contribution in [0, 0.1) is 18.3 Å². The number of aromatic nitrogens is 2. The number of carbonyl (C=O) groups is 1. The van der Waals surface area contributed by atoms with Crippen LogP contribution in [0.2, 0.25) is 0 Å². The predicted molar refractivity (Wildman–Crippen MR) is 73.7 cm³/mol. The van der Waals surface area contributed by atoms with Crippen LogP contribution in [0.4, 0.5) is 5.82 Å². The van der Waals surface area contributed by atoms with Crippen molar-refractivity contribution in [3.8, 4) is 11.8 Å². The molecule has 3 N–H and O–H groups in total. The molecule has 6 nitrogen and oxygen atoms in total. The SMILES string of the molecule is Cc1cc(NC(=O)/C(C#N)=C/c2ccc(O)cc2)n[nH]1. The molecule has 0 spiro atoms. The van der Waals surface area contributed by atoms with Gasteiger partial charge in [0.05, 0.1) is 0 Å². The third-order valence-electron chi connectivity index (χ3n) is 2.52. The van der Waals surface area contributed by atoms with Gasteiger partial charge >= 0.3 is 0 Å². The highest BCUT2D eigenvalue weighted by molar-refractivity contribution is 6.09. The number of aromatic amines is 1. The monoisotopic (exact) mass is 268 g/mol. The van der Waals surface area contributed by atoms with Crippen LogP contribution in [0.5, 0.6) is 5.75 Å². The zero-order chi connectivity index (χ0) is 14.5. The van der Waals surface area contributed by atoms with Crippen molar-refractivity contribution in [2.75, 3.05) is 5.32 Å². The van der Waals surface area contributed by atoms with E-state index in [2.05, 4.69) is 15.5 Å². The third-order valence-corrected chi connectivity index (χ3v) is 2.52. The summed E-state index contributed by atoms with van der Waals surface area (Å²) in [5.41, 5.74) is 1.41. The molecule has 0 unspecified atom stereocenters. The van der Waals surface area contributed by atoms with Gasteiger partial charge in [-0.1, -0.05) is 12.1 Å². The number of aromatic hydroxyl groups is 1. The van der Waals surface area contributed by atoms with E-state index in [1.165, 1.54) is 18.2 Å². The molecule has 0 aliphatic carbocycles. The van der Waals surface area contributed by atoms with E-state index in [1.54, 1.807) is 25.1 Å². The first kappa shape index (κ1) is 13.4. The highest BCUT2D eigenvalue weighted by Gasteiger charge is 2.10. The molecule has 0 bridgehead atoms. The van der Waals surface area contributed by atoms with Gasteiger partial charge in [-0.25, -0.2) is 0 Å². The average Bonchev–Trinajstić information content (AvgIpc) is 2.83. The molecular weight excluding hydrogens is 256 g/mol. The first-order valence-electron chi connectivity index (χ1n) is 5.82. The largest absolute Gasteiger partial charge is 0.508 e. The number of carbonyl (C=O) groups excluding carboxylic acids is 1. The highest BCUT2D eigenvalue weighted by atomic mass is 16.3. The van der Waals surface area contributed by atoms with Gasteiger partial charge in [-0.05, 0) is 30.7 Å². The van der Waals surface area contributed by atoms with Gasteiger partial charge in [0.25, 0.3) is 5.91 Å². The number of nitrogens with zero attached hydrogens (tertiary/aromatic N) is 2. The molecule has 0 aliphatic rings. The van der Waals surface area contributed by atoms with Crippen molar-refractivity contribution >= 4 is 17.8 Å². The average molecular weight is 268 g/mol. The lowest BCUT2D eigenvalue weighted by Gasteiger charge is -2.00. The molecule has 2 aromatic rings. The molecule has 2 rings (SSSR count). The fourth-order valence-electron chi connectivity index (χ4n) is 1.55. The number of hydrogen-bond donors (Lipinski definition) is 3. The highest BCUT2D eigenvalue weighted by Crippen LogP contribution is 2.13. The van der Waals surface area contributed by atoms with E-state index in [4.69, 9.17) is 5.26 Å². The Labute approximate surface area is 115 Å². The molecule has 1 aromatic carbocycles. The summed E-state index contributed by atoms with van der Waals surface area (Å²) in [6.45, 7) is 1.81. The fourth-order valence-corrected chi connectivity index (χ4v) is 1.55. The summed E-state index contributed by atoms with van der Waals surface area (Å²) in [5, 5.41) is 27.3. The van der Waals surface area contributed by atoms with E-state index in [0.29, 0.717) is 11.4 Å². The van der Waals surface area contributed by atoms with E-state index >= 15 is 0 Å². The van der Waals surface area contributed by atoms with Crippen molar-refractivity contribution in [3.05, 3.63) is 47.2 Å². The van der Waals surface area contributed by atoms with Crippen molar-refractivity contribution in [2.24, 2.45) is 0 Å². The minimum Gasteiger partial charge on any atom is -0.508 e. The number of rotatable bonds is 3. The number of nitriles is 1. The molecule has 0 saturated carbocycles. The first-order chi connectivity index (χ1) is 9.58. The molecule has 0 aliphatic heterocycles. The maximum Gasteiger partial charge on any atom is 0.267 e. The van der Waals surface area contributed by atoms with E-state index in [1.807, 2.05) is 6.07 Å². The molecule has 1 aromatic heterocycles. The summed E-state index contributed by atoms with van der Waals surface area (Å²) in [5.74, 6) is -0.0523. The molecule has 6 heteroatoms. The van der Waals surface area contributed by atoms with Gasteiger partial charge in [0.15, 0.2) is 5.82 Å². The smallest absolute Gasteiger partial charge is 0.267 e. The van der Waals surface area contributed by atoms with Gasteiger partial charge in [0, 0.05) is 11.8 Å². The lowest BCUT2D eigenvalue weighted by molar-refractivity contribution is -0.112. The summed E-state index contributed by atoms with van der Waals surface area (Å²) in [6, 6.07) is 9.68. The topological polar surface area (TPSA) is 102 Å². The summed E-state index contributed by atoms with van der Waals surface area (Å²) >= 11 is 0. The Bertz CT molecular complexity index is 693. The fraction of sp³-hybridized carbons (Fsp3) is 0.0714. The number of benzene rings is 1. The summed E-state index contributed by atoms with van der Waals surface area (Å²) in [7, 11) is 0. The molecule has 1 amide bonds. The zero-order valence-electron chi connectivity index (χ0n) is 10.7. The minimum atomic E-state index is -0.535. The van der Waals surface area contributed by atoms with Crippen LogP contribution >= 0.6 is 0 Å². The van der Waals surface area contributed by atoms with E-state index in [9.17, 15) is 9.90 Å². The maximum absolute atomic E-state index is 11.9. The first-order valence-corrected chi connectivity index (χ1v) is 5.82. The molecule has 1 heterocycles. The number of nitrogens with one attached hydrogen (secondary N) is 2. The van der Waals surface area contributed by atoms with Crippen molar-refractivity contribution in [1.29, 1.82) is 5.26 Å². The van der Waals surface area contributed by atoms with Gasteiger partial charge in [-0.15, -0.1) is 0 Å². The number of H-pyrrole nitrogens is 1. The number of phenolic OH excluding ortho intramolecular Hbond substituents is 1. The van der Waals surface area contributed by atoms with E-state index in [0.717, 1.165) is 5.69 Å². The standard InChI is InChI=1S/C14H12N4O2/c1-9-6-13(18-17-9)16-14(20)11(8-15)7-10-2-4-12(19)5-3-10/h2-7,19H,1H3,(H2,16,17,18,20)/b11-7+. The van der Waals surface area contributed by atoms with Crippen LogP contribution in [0.15, 0.2) is 35.9 Å². The lowest BCUT2D eigenvalue weighted by Crippen LogP contribution is -2.13. The van der Waals surface area contributed by atoms with Gasteiger partial charge in [-0.3, -0.25) is 9.89 Å². The lowest BCUT2D eigenvalue weighted by atomic mass is 10.1. The Balaban J connectivity index is 2.17. The van der Waals surface area contributed by atoms with Crippen molar-refractivity contribution in [1.82, 2.24) is 10.2 Å². The number of aryl methyl sites for hydroxylation is 1. The third kappa shape index (κ3) is 3.23. The van der Waals surface area contributed by atoms with Crippen LogP contribution in [-0.4, -0.2) is 21.2 Å². The van der Waals surface area contributed by atoms with E-state index in [-0.39, 0.29) is 11.3 Å². The Morgan fingerprint density at radius 3 is 2.70 bits per heavy atom. The number of anilines is 1. The van der Waals surface area contributed by atoms with Gasteiger partial charge in [0.1, 0.15) is 17.4 Å². The molecule has 0 fully saturated rings. The molecule has 0 radical (unpaired) electrons. The Kier molecular flexibility index (Phi) is 3.82. The van der Waals surface area contributed by atoms with Crippen molar-refractivity contribution in [2.45, 2.75) is 6.92 Å². The maximum atomic E-state index is 11.9. The second-order valence-electron chi connectivity index (χ2n) is 4.15. The second-order valence-corrected chi connectivity index (χ2v) is 4.15. The Morgan fingerprint density at radius 1 is 1.45 bits per heavy atom. The molecule has 100 valence electrons. The quantitative estimate of drug-likeness (QED) is 0.585. The summed E-state index contributed by atoms with van der Waals surface area (Å²) < 4.78 is 0. The molecular formula is C14H12N4O2. The van der Waals surface area contributed by atoms with Gasteiger partial charge < -0.3 is 10.4 Å². The normalized spacial score (nSPS) is 10.9. The minimum absolute atomic E-state index is 0.0451. The van der Waals surface area contributed by atoms with Crippen LogP contribution in [-0.2, 0) is 4.79 Å². The van der Waals surface area contributed by atoms with Crippen LogP contribution in [0.3, 0.4) is 0 Å². The van der Waals surface area contributed by atoms with Gasteiger partial charge in [0.2, 0.25) is 0 Å². The number of hydrogen-bond acceptors (Lipinski definition) is 4. The van der Waals surface area contributed by atoms with Crippen LogP contribution < -0.4 is 5.32 Å². The molecule has 0 saturated heterocycles.